The van der Waals surface area contributed by atoms with Crippen LogP contribution in [0.15, 0.2) is 34.0 Å². The molecule has 0 unspecified atom stereocenters. The molecule has 0 aliphatic rings. The maximum absolute atomic E-state index is 12.0. The van der Waals surface area contributed by atoms with Crippen LogP contribution in [0.5, 0.6) is 0 Å². The third-order valence-electron chi connectivity index (χ3n) is 2.29. The van der Waals surface area contributed by atoms with Crippen LogP contribution < -0.4 is 10.5 Å². The number of nitrogens with one attached hydrogen (secondary N) is 1. The molecular weight excluding hydrogens is 292 g/mol. The van der Waals surface area contributed by atoms with Gasteiger partial charge in [0.05, 0.1) is 5.02 Å². The van der Waals surface area contributed by atoms with Crippen LogP contribution in [0.4, 0.5) is 5.69 Å². The van der Waals surface area contributed by atoms with Crippen molar-refractivity contribution in [1.29, 1.82) is 0 Å². The number of anilines is 1. The van der Waals surface area contributed by atoms with E-state index in [2.05, 4.69) is 19.4 Å². The van der Waals surface area contributed by atoms with Crippen molar-refractivity contribution < 1.29 is 12.9 Å². The number of hydrogen-bond donors (Lipinski definition) is 2. The molecule has 0 amide bonds. The number of hydrogen-bond acceptors (Lipinski definition) is 6. The fraction of sp³-hybridized carbons (Fsp3) is 0.200. The molecule has 0 atom stereocenters. The van der Waals surface area contributed by atoms with Crippen LogP contribution in [0.1, 0.15) is 5.82 Å². The first kappa shape index (κ1) is 13.8. The van der Waals surface area contributed by atoms with Crippen molar-refractivity contribution in [3.05, 3.63) is 35.4 Å². The highest BCUT2D eigenvalue weighted by molar-refractivity contribution is 7.89. The van der Waals surface area contributed by atoms with E-state index in [-0.39, 0.29) is 16.5 Å². The number of nitrogens with two attached hydrogens (primary N) is 1. The van der Waals surface area contributed by atoms with E-state index in [1.54, 1.807) is 0 Å². The van der Waals surface area contributed by atoms with Gasteiger partial charge in [0.2, 0.25) is 16.4 Å². The Hall–Kier alpha value is -1.64. The minimum absolute atomic E-state index is 0.0171. The van der Waals surface area contributed by atoms with Crippen molar-refractivity contribution in [2.24, 2.45) is 0 Å². The SMILES string of the molecule is Nc1ccc(S(=O)(=O)NCCc2ncon2)c(Cl)c1. The van der Waals surface area contributed by atoms with Crippen molar-refractivity contribution in [3.63, 3.8) is 0 Å². The van der Waals surface area contributed by atoms with Gasteiger partial charge in [-0.1, -0.05) is 16.8 Å². The maximum atomic E-state index is 12.0. The Labute approximate surface area is 114 Å². The smallest absolute Gasteiger partial charge is 0.242 e. The van der Waals surface area contributed by atoms with Gasteiger partial charge in [0.15, 0.2) is 5.82 Å². The molecule has 102 valence electrons. The number of nitrogens with zero attached hydrogens (tertiary/aromatic N) is 2. The van der Waals surface area contributed by atoms with E-state index < -0.39 is 10.0 Å². The van der Waals surface area contributed by atoms with E-state index in [0.29, 0.717) is 17.9 Å². The van der Waals surface area contributed by atoms with E-state index >= 15 is 0 Å². The Morgan fingerprint density at radius 3 is 2.84 bits per heavy atom. The van der Waals surface area contributed by atoms with Crippen LogP contribution in [0, 0.1) is 0 Å². The van der Waals surface area contributed by atoms with Gasteiger partial charge in [0.25, 0.3) is 0 Å². The lowest BCUT2D eigenvalue weighted by Gasteiger charge is -2.07. The molecule has 1 heterocycles. The predicted octanol–water partition coefficient (Wildman–Crippen LogP) is 0.826. The van der Waals surface area contributed by atoms with Crippen molar-refractivity contribution >= 4 is 27.3 Å². The highest BCUT2D eigenvalue weighted by Crippen LogP contribution is 2.23. The zero-order chi connectivity index (χ0) is 13.9. The Morgan fingerprint density at radius 2 is 2.21 bits per heavy atom. The summed E-state index contributed by atoms with van der Waals surface area (Å²) in [6.07, 6.45) is 1.50. The van der Waals surface area contributed by atoms with Crippen LogP contribution in [-0.4, -0.2) is 25.1 Å². The first-order valence-corrected chi connectivity index (χ1v) is 7.15. The van der Waals surface area contributed by atoms with Gasteiger partial charge in [-0.2, -0.15) is 4.98 Å². The van der Waals surface area contributed by atoms with E-state index in [0.717, 1.165) is 0 Å². The lowest BCUT2D eigenvalue weighted by molar-refractivity contribution is 0.410. The lowest BCUT2D eigenvalue weighted by atomic mass is 10.3. The van der Waals surface area contributed by atoms with E-state index in [1.165, 1.54) is 24.6 Å². The van der Waals surface area contributed by atoms with Gasteiger partial charge in [0.1, 0.15) is 4.90 Å². The normalized spacial score (nSPS) is 11.6. The van der Waals surface area contributed by atoms with Crippen molar-refractivity contribution in [1.82, 2.24) is 14.9 Å². The van der Waals surface area contributed by atoms with Gasteiger partial charge in [-0.15, -0.1) is 0 Å². The molecule has 0 aliphatic heterocycles. The summed E-state index contributed by atoms with van der Waals surface area (Å²) in [5.41, 5.74) is 5.91. The molecule has 0 saturated heterocycles. The second-order valence-corrected chi connectivity index (χ2v) is 5.83. The van der Waals surface area contributed by atoms with Crippen LogP contribution in [-0.2, 0) is 16.4 Å². The number of aromatic nitrogens is 2. The van der Waals surface area contributed by atoms with E-state index in [9.17, 15) is 8.42 Å². The molecule has 1 aromatic carbocycles. The third-order valence-corrected chi connectivity index (χ3v) is 4.24. The Balaban J connectivity index is 2.05. The van der Waals surface area contributed by atoms with Gasteiger partial charge in [-0.05, 0) is 18.2 Å². The molecule has 1 aromatic heterocycles. The molecular formula is C10H11ClN4O3S. The average Bonchev–Trinajstić information content (AvgIpc) is 2.81. The molecule has 0 spiro atoms. The second-order valence-electron chi connectivity index (χ2n) is 3.69. The summed E-state index contributed by atoms with van der Waals surface area (Å²) in [4.78, 5) is 3.77. The van der Waals surface area contributed by atoms with Gasteiger partial charge >= 0.3 is 0 Å². The minimum Gasteiger partial charge on any atom is -0.399 e. The quantitative estimate of drug-likeness (QED) is 0.791. The molecule has 0 radical (unpaired) electrons. The molecule has 9 heteroatoms. The summed E-state index contributed by atoms with van der Waals surface area (Å²) in [7, 11) is -3.68. The summed E-state index contributed by atoms with van der Waals surface area (Å²) < 4.78 is 30.9. The molecule has 2 aromatic rings. The van der Waals surface area contributed by atoms with Crippen molar-refractivity contribution in [2.45, 2.75) is 11.3 Å². The molecule has 0 aliphatic carbocycles. The van der Waals surface area contributed by atoms with Crippen LogP contribution in [0.2, 0.25) is 5.02 Å². The molecule has 0 saturated carbocycles. The maximum Gasteiger partial charge on any atom is 0.242 e. The summed E-state index contributed by atoms with van der Waals surface area (Å²) in [6.45, 7) is 0.141. The summed E-state index contributed by atoms with van der Waals surface area (Å²) in [5, 5.41) is 3.65. The molecule has 7 nitrogen and oxygen atoms in total. The average molecular weight is 303 g/mol. The summed E-state index contributed by atoms with van der Waals surface area (Å²) >= 11 is 5.85. The topological polar surface area (TPSA) is 111 Å². The zero-order valence-electron chi connectivity index (χ0n) is 9.71. The van der Waals surface area contributed by atoms with Gasteiger partial charge in [-0.25, -0.2) is 13.1 Å². The number of sulfonamides is 1. The van der Waals surface area contributed by atoms with Gasteiger partial charge in [-0.3, -0.25) is 0 Å². The highest BCUT2D eigenvalue weighted by atomic mass is 35.5. The number of benzene rings is 1. The fourth-order valence-electron chi connectivity index (χ4n) is 1.41. The molecule has 3 N–H and O–H groups in total. The Bertz CT molecular complexity index is 657. The van der Waals surface area contributed by atoms with Crippen molar-refractivity contribution in [3.8, 4) is 0 Å². The predicted molar refractivity (Wildman–Crippen MR) is 69.1 cm³/mol. The van der Waals surface area contributed by atoms with Crippen molar-refractivity contribution in [2.75, 3.05) is 12.3 Å². The van der Waals surface area contributed by atoms with Crippen LogP contribution in [0.25, 0.3) is 0 Å². The van der Waals surface area contributed by atoms with E-state index in [1.807, 2.05) is 0 Å². The van der Waals surface area contributed by atoms with Gasteiger partial charge in [0, 0.05) is 18.7 Å². The van der Waals surface area contributed by atoms with Gasteiger partial charge < -0.3 is 10.3 Å². The standard InChI is InChI=1S/C10H11ClN4O3S/c11-8-5-7(12)1-2-9(8)19(16,17)14-4-3-10-13-6-18-15-10/h1-2,5-6,14H,3-4,12H2. The second kappa shape index (κ2) is 5.55. The summed E-state index contributed by atoms with van der Waals surface area (Å²) in [6, 6.07) is 4.21. The number of rotatable bonds is 5. The molecule has 2 rings (SSSR count). The third kappa shape index (κ3) is 3.43. The molecule has 0 bridgehead atoms. The fourth-order valence-corrected chi connectivity index (χ4v) is 3.00. The first-order chi connectivity index (χ1) is 8.99. The lowest BCUT2D eigenvalue weighted by Crippen LogP contribution is -2.26. The minimum atomic E-state index is -3.68. The Morgan fingerprint density at radius 1 is 1.42 bits per heavy atom. The van der Waals surface area contributed by atoms with Crippen LogP contribution in [0.3, 0.4) is 0 Å². The zero-order valence-corrected chi connectivity index (χ0v) is 11.3. The van der Waals surface area contributed by atoms with Crippen LogP contribution >= 0.6 is 11.6 Å². The Kier molecular flexibility index (Phi) is 4.03. The first-order valence-electron chi connectivity index (χ1n) is 5.29. The van der Waals surface area contributed by atoms with E-state index in [4.69, 9.17) is 17.3 Å². The monoisotopic (exact) mass is 302 g/mol. The molecule has 0 fully saturated rings. The number of halogens is 1. The number of nitrogen functional groups attached to an aromatic ring is 1. The highest BCUT2D eigenvalue weighted by Gasteiger charge is 2.17. The molecule has 19 heavy (non-hydrogen) atoms. The summed E-state index contributed by atoms with van der Waals surface area (Å²) in [5.74, 6) is 0.422. The largest absolute Gasteiger partial charge is 0.399 e.